The Balaban J connectivity index is 2.32. The van der Waals surface area contributed by atoms with E-state index in [9.17, 15) is 31.2 Å². The fourth-order valence-corrected chi connectivity index (χ4v) is 4.28. The Hall–Kier alpha value is -2.87. The van der Waals surface area contributed by atoms with Gasteiger partial charge in [0.2, 0.25) is 5.60 Å². The summed E-state index contributed by atoms with van der Waals surface area (Å²) in [6, 6.07) is -1.34. The van der Waals surface area contributed by atoms with E-state index in [1.165, 1.54) is 13.8 Å². The topological polar surface area (TPSA) is 231 Å². The SMILES string of the molecule is CC(C)(C)OC(=O)C(C)(C)O/N=C(/C(=O)NC1CN(S(=O)(=O)O)C1=O)c1csc(NS(=O)(=O)O)n1. The second-order valence-electron chi connectivity index (χ2n) is 8.53. The van der Waals surface area contributed by atoms with Crippen LogP contribution in [0.1, 0.15) is 40.3 Å². The molecule has 1 aromatic rings. The molecule has 1 fully saturated rings. The molecule has 16 nitrogen and oxygen atoms in total. The van der Waals surface area contributed by atoms with Crippen molar-refractivity contribution in [1.82, 2.24) is 14.6 Å². The van der Waals surface area contributed by atoms with Crippen molar-refractivity contribution >= 4 is 60.6 Å². The molecule has 196 valence electrons. The molecule has 0 radical (unpaired) electrons. The molecule has 1 aliphatic heterocycles. The number of esters is 1. The monoisotopic (exact) mass is 557 g/mol. The van der Waals surface area contributed by atoms with Gasteiger partial charge in [-0.15, -0.1) is 11.3 Å². The van der Waals surface area contributed by atoms with Crippen molar-refractivity contribution < 1.29 is 49.9 Å². The molecule has 0 aromatic carbocycles. The van der Waals surface area contributed by atoms with E-state index < -0.39 is 67.9 Å². The van der Waals surface area contributed by atoms with Gasteiger partial charge in [0.1, 0.15) is 17.3 Å². The lowest BCUT2D eigenvalue weighted by Gasteiger charge is -2.35. The molecule has 2 amide bonds. The molecule has 0 aliphatic carbocycles. The number of amides is 2. The second kappa shape index (κ2) is 9.64. The minimum absolute atomic E-state index is 0.119. The summed E-state index contributed by atoms with van der Waals surface area (Å²) in [5.41, 5.74) is -3.48. The number of hydrogen-bond donors (Lipinski definition) is 4. The van der Waals surface area contributed by atoms with Gasteiger partial charge in [0.05, 0.1) is 6.54 Å². The Morgan fingerprint density at radius 1 is 1.20 bits per heavy atom. The Bertz CT molecular complexity index is 1260. The summed E-state index contributed by atoms with van der Waals surface area (Å²) in [4.78, 5) is 46.2. The largest absolute Gasteiger partial charge is 0.457 e. The average Bonchev–Trinajstić information content (AvgIpc) is 3.08. The first-order valence-electron chi connectivity index (χ1n) is 9.50. The minimum Gasteiger partial charge on any atom is -0.457 e. The lowest BCUT2D eigenvalue weighted by Crippen LogP contribution is -2.65. The quantitative estimate of drug-likeness (QED) is 0.0973. The molecular formula is C16H23N5O11S3. The number of aromatic nitrogens is 1. The van der Waals surface area contributed by atoms with Crippen molar-refractivity contribution in [2.45, 2.75) is 51.9 Å². The van der Waals surface area contributed by atoms with Crippen LogP contribution >= 0.6 is 11.3 Å². The van der Waals surface area contributed by atoms with Crippen LogP contribution in [-0.2, 0) is 44.6 Å². The number of anilines is 1. The number of ether oxygens (including phenoxy) is 1. The number of thiazole rings is 1. The van der Waals surface area contributed by atoms with Gasteiger partial charge < -0.3 is 14.9 Å². The summed E-state index contributed by atoms with van der Waals surface area (Å²) in [5.74, 6) is -3.07. The van der Waals surface area contributed by atoms with E-state index in [0.717, 1.165) is 5.38 Å². The first-order valence-corrected chi connectivity index (χ1v) is 13.2. The number of hydrogen-bond acceptors (Lipinski definition) is 12. The minimum atomic E-state index is -4.80. The van der Waals surface area contributed by atoms with E-state index in [2.05, 4.69) is 15.5 Å². The molecular weight excluding hydrogens is 534 g/mol. The van der Waals surface area contributed by atoms with Crippen molar-refractivity contribution in [3.05, 3.63) is 11.1 Å². The molecule has 0 spiro atoms. The predicted molar refractivity (Wildman–Crippen MR) is 120 cm³/mol. The average molecular weight is 558 g/mol. The zero-order valence-electron chi connectivity index (χ0n) is 19.0. The van der Waals surface area contributed by atoms with E-state index in [4.69, 9.17) is 18.7 Å². The number of carbonyl (C=O) groups excluding carboxylic acids is 3. The summed E-state index contributed by atoms with van der Waals surface area (Å²) < 4.78 is 69.1. The van der Waals surface area contributed by atoms with Crippen LogP contribution in [0.25, 0.3) is 0 Å². The number of β-lactam (4-membered cyclic amide) rings is 1. The second-order valence-corrected chi connectivity index (χ2v) is 11.9. The molecule has 19 heteroatoms. The molecule has 1 unspecified atom stereocenters. The predicted octanol–water partition coefficient (Wildman–Crippen LogP) is -0.671. The smallest absolute Gasteiger partial charge is 0.362 e. The van der Waals surface area contributed by atoms with Gasteiger partial charge in [-0.05, 0) is 34.6 Å². The maximum absolute atomic E-state index is 12.8. The van der Waals surface area contributed by atoms with E-state index in [1.54, 1.807) is 25.5 Å². The zero-order valence-corrected chi connectivity index (χ0v) is 21.4. The van der Waals surface area contributed by atoms with Crippen molar-refractivity contribution in [3.63, 3.8) is 0 Å². The van der Waals surface area contributed by atoms with Crippen molar-refractivity contribution in [2.24, 2.45) is 5.16 Å². The Kier molecular flexibility index (Phi) is 7.82. The van der Waals surface area contributed by atoms with Crippen LogP contribution in [0, 0.1) is 0 Å². The van der Waals surface area contributed by atoms with Gasteiger partial charge in [-0.3, -0.25) is 18.7 Å². The number of oxime groups is 1. The molecule has 1 aromatic heterocycles. The van der Waals surface area contributed by atoms with Crippen LogP contribution in [0.5, 0.6) is 0 Å². The highest BCUT2D eigenvalue weighted by Crippen LogP contribution is 2.21. The number of carbonyl (C=O) groups is 3. The van der Waals surface area contributed by atoms with Gasteiger partial charge in [-0.1, -0.05) is 5.16 Å². The number of rotatable bonds is 9. The molecule has 35 heavy (non-hydrogen) atoms. The highest BCUT2D eigenvalue weighted by atomic mass is 32.2. The van der Waals surface area contributed by atoms with Gasteiger partial charge in [0.25, 0.3) is 11.8 Å². The third-order valence-corrected chi connectivity index (χ3v) is 6.13. The lowest BCUT2D eigenvalue weighted by molar-refractivity contribution is -0.179. The third kappa shape index (κ3) is 7.82. The van der Waals surface area contributed by atoms with Gasteiger partial charge in [-0.25, -0.2) is 18.8 Å². The Labute approximate surface area is 204 Å². The molecule has 1 atom stereocenters. The van der Waals surface area contributed by atoms with E-state index in [1.807, 2.05) is 0 Å². The van der Waals surface area contributed by atoms with Crippen molar-refractivity contribution in [1.29, 1.82) is 0 Å². The molecule has 4 N–H and O–H groups in total. The number of nitrogens with one attached hydrogen (secondary N) is 2. The highest BCUT2D eigenvalue weighted by Gasteiger charge is 2.45. The van der Waals surface area contributed by atoms with Gasteiger partial charge in [0.15, 0.2) is 10.8 Å². The van der Waals surface area contributed by atoms with Crippen LogP contribution in [0.2, 0.25) is 0 Å². The summed E-state index contributed by atoms with van der Waals surface area (Å²) in [6.07, 6.45) is 0. The summed E-state index contributed by atoms with van der Waals surface area (Å²) in [7, 11) is -9.48. The standard InChI is InChI=1S/C16H23N5O11S3/c1-15(2,3)31-13(24)16(4,5)32-19-10(9-7-33-14(18-9)20-34(25,26)27)11(22)17-8-6-21(12(8)23)35(28,29)30/h7-8H,6H2,1-5H3,(H,17,22)(H,18,20)(H,25,26,27)(H,28,29,30)/b19-10+. The Morgan fingerprint density at radius 3 is 2.29 bits per heavy atom. The van der Waals surface area contributed by atoms with E-state index in [0.29, 0.717) is 11.3 Å². The highest BCUT2D eigenvalue weighted by molar-refractivity contribution is 7.87. The van der Waals surface area contributed by atoms with Gasteiger partial charge >= 0.3 is 26.6 Å². The van der Waals surface area contributed by atoms with Crippen molar-refractivity contribution in [2.75, 3.05) is 11.3 Å². The normalized spacial score (nSPS) is 17.5. The molecule has 1 saturated heterocycles. The lowest BCUT2D eigenvalue weighted by atomic mass is 10.1. The van der Waals surface area contributed by atoms with Crippen LogP contribution in [0.4, 0.5) is 5.13 Å². The maximum atomic E-state index is 12.8. The maximum Gasteiger partial charge on any atom is 0.362 e. The first kappa shape index (κ1) is 28.4. The summed E-state index contributed by atoms with van der Waals surface area (Å²) in [5, 5.41) is 6.62. The summed E-state index contributed by atoms with van der Waals surface area (Å²) >= 11 is 0.656. The summed E-state index contributed by atoms with van der Waals surface area (Å²) in [6.45, 7) is 6.89. The molecule has 2 heterocycles. The zero-order chi connectivity index (χ0) is 27.0. The Morgan fingerprint density at radius 2 is 1.80 bits per heavy atom. The fraction of sp³-hybridized carbons (Fsp3) is 0.562. The third-order valence-electron chi connectivity index (χ3n) is 3.91. The fourth-order valence-electron chi connectivity index (χ4n) is 2.28. The van der Waals surface area contributed by atoms with Gasteiger partial charge in [-0.2, -0.15) is 16.8 Å². The van der Waals surface area contributed by atoms with Crippen LogP contribution in [-0.4, -0.2) is 82.5 Å². The van der Waals surface area contributed by atoms with Gasteiger partial charge in [0, 0.05) is 5.38 Å². The number of nitrogens with zero attached hydrogens (tertiary/aromatic N) is 3. The van der Waals surface area contributed by atoms with Crippen molar-refractivity contribution in [3.8, 4) is 0 Å². The first-order chi connectivity index (χ1) is 15.7. The van der Waals surface area contributed by atoms with E-state index >= 15 is 0 Å². The van der Waals surface area contributed by atoms with Crippen LogP contribution < -0.4 is 10.0 Å². The molecule has 2 rings (SSSR count). The molecule has 0 saturated carbocycles. The van der Waals surface area contributed by atoms with Crippen LogP contribution in [0.3, 0.4) is 0 Å². The molecule has 0 bridgehead atoms. The van der Waals surface area contributed by atoms with Crippen LogP contribution in [0.15, 0.2) is 10.5 Å². The molecule has 1 aliphatic rings. The van der Waals surface area contributed by atoms with E-state index in [-0.39, 0.29) is 15.1 Å².